The third-order valence-corrected chi connectivity index (χ3v) is 3.33. The van der Waals surface area contributed by atoms with Gasteiger partial charge in [-0.3, -0.25) is 0 Å². The van der Waals surface area contributed by atoms with E-state index in [1.807, 2.05) is 24.3 Å². The molecule has 0 amide bonds. The first-order valence-electron chi connectivity index (χ1n) is 6.82. The molecule has 106 valence electrons. The summed E-state index contributed by atoms with van der Waals surface area (Å²) in [6.45, 7) is 2.17. The van der Waals surface area contributed by atoms with Gasteiger partial charge in [0.15, 0.2) is 11.5 Å². The summed E-state index contributed by atoms with van der Waals surface area (Å²) in [7, 11) is 3.29. The second-order valence-electron chi connectivity index (χ2n) is 4.59. The molecule has 0 saturated heterocycles. The van der Waals surface area contributed by atoms with E-state index < -0.39 is 0 Å². The first-order valence-corrected chi connectivity index (χ1v) is 6.82. The monoisotopic (exact) mass is 271 g/mol. The maximum absolute atomic E-state index is 5.33. The van der Waals surface area contributed by atoms with Crippen LogP contribution >= 0.6 is 0 Å². The van der Waals surface area contributed by atoms with Crippen LogP contribution in [0.1, 0.15) is 24.9 Å². The van der Waals surface area contributed by atoms with E-state index in [4.69, 9.17) is 9.47 Å². The Morgan fingerprint density at radius 1 is 0.950 bits per heavy atom. The highest BCUT2D eigenvalue weighted by Gasteiger charge is 2.10. The molecule has 2 aromatic carbocycles. The maximum atomic E-state index is 5.33. The van der Waals surface area contributed by atoms with E-state index in [-0.39, 0.29) is 6.04 Å². The van der Waals surface area contributed by atoms with Gasteiger partial charge < -0.3 is 14.8 Å². The lowest BCUT2D eigenvalue weighted by molar-refractivity contribution is 0.355. The van der Waals surface area contributed by atoms with Crippen LogP contribution in [0.4, 0.5) is 5.69 Å². The van der Waals surface area contributed by atoms with Crippen molar-refractivity contribution in [3.63, 3.8) is 0 Å². The molecule has 1 N–H and O–H groups in total. The van der Waals surface area contributed by atoms with Gasteiger partial charge in [-0.2, -0.15) is 0 Å². The minimum atomic E-state index is 0.286. The number of hydrogen-bond donors (Lipinski definition) is 1. The lowest BCUT2D eigenvalue weighted by Gasteiger charge is -2.19. The molecule has 0 aliphatic carbocycles. The van der Waals surface area contributed by atoms with Crippen LogP contribution in [-0.4, -0.2) is 14.2 Å². The lowest BCUT2D eigenvalue weighted by atomic mass is 10.0. The molecule has 0 saturated carbocycles. The molecule has 1 unspecified atom stereocenters. The fourth-order valence-corrected chi connectivity index (χ4v) is 2.23. The number of rotatable bonds is 6. The summed E-state index contributed by atoms with van der Waals surface area (Å²) < 4.78 is 10.6. The van der Waals surface area contributed by atoms with Gasteiger partial charge in [0.05, 0.1) is 20.3 Å². The van der Waals surface area contributed by atoms with Crippen molar-refractivity contribution >= 4 is 5.69 Å². The minimum absolute atomic E-state index is 0.286. The van der Waals surface area contributed by atoms with E-state index in [0.29, 0.717) is 0 Å². The highest BCUT2D eigenvalue weighted by Crippen LogP contribution is 2.31. The highest BCUT2D eigenvalue weighted by atomic mass is 16.5. The second kappa shape index (κ2) is 6.85. The Morgan fingerprint density at radius 3 is 2.25 bits per heavy atom. The number of anilines is 1. The lowest BCUT2D eigenvalue weighted by Crippen LogP contribution is -2.09. The van der Waals surface area contributed by atoms with Crippen LogP contribution in [-0.2, 0) is 0 Å². The smallest absolute Gasteiger partial charge is 0.162 e. The minimum Gasteiger partial charge on any atom is -0.493 e. The molecular weight excluding hydrogens is 250 g/mol. The van der Waals surface area contributed by atoms with E-state index in [9.17, 15) is 0 Å². The van der Waals surface area contributed by atoms with Gasteiger partial charge in [0, 0.05) is 11.8 Å². The van der Waals surface area contributed by atoms with Gasteiger partial charge in [-0.05, 0) is 24.1 Å². The molecule has 2 aromatic rings. The van der Waals surface area contributed by atoms with Crippen molar-refractivity contribution in [2.45, 2.75) is 19.4 Å². The predicted molar refractivity (Wildman–Crippen MR) is 82.6 cm³/mol. The summed E-state index contributed by atoms with van der Waals surface area (Å²) in [5.41, 5.74) is 2.31. The van der Waals surface area contributed by atoms with Crippen molar-refractivity contribution in [2.24, 2.45) is 0 Å². The quantitative estimate of drug-likeness (QED) is 0.851. The molecule has 0 aliphatic rings. The SMILES string of the molecule is CCC(Nc1ccc(OC)c(OC)c1)c1ccccc1. The fourth-order valence-electron chi connectivity index (χ4n) is 2.23. The zero-order valence-corrected chi connectivity index (χ0v) is 12.2. The Hall–Kier alpha value is -2.16. The van der Waals surface area contributed by atoms with E-state index >= 15 is 0 Å². The predicted octanol–water partition coefficient (Wildman–Crippen LogP) is 4.27. The molecular formula is C17H21NO2. The molecule has 20 heavy (non-hydrogen) atoms. The number of hydrogen-bond acceptors (Lipinski definition) is 3. The van der Waals surface area contributed by atoms with Gasteiger partial charge in [-0.15, -0.1) is 0 Å². The van der Waals surface area contributed by atoms with Crippen molar-refractivity contribution in [3.05, 3.63) is 54.1 Å². The summed E-state index contributed by atoms with van der Waals surface area (Å²) in [6, 6.07) is 16.6. The van der Waals surface area contributed by atoms with Crippen LogP contribution in [0.5, 0.6) is 11.5 Å². The largest absolute Gasteiger partial charge is 0.493 e. The van der Waals surface area contributed by atoms with Gasteiger partial charge >= 0.3 is 0 Å². The van der Waals surface area contributed by atoms with Crippen LogP contribution in [0, 0.1) is 0 Å². The molecule has 0 fully saturated rings. The topological polar surface area (TPSA) is 30.5 Å². The highest BCUT2D eigenvalue weighted by molar-refractivity contribution is 5.55. The molecule has 0 spiro atoms. The van der Waals surface area contributed by atoms with Crippen molar-refractivity contribution < 1.29 is 9.47 Å². The molecule has 0 aromatic heterocycles. The van der Waals surface area contributed by atoms with Crippen LogP contribution in [0.3, 0.4) is 0 Å². The Bertz CT molecular complexity index is 540. The molecule has 3 nitrogen and oxygen atoms in total. The van der Waals surface area contributed by atoms with Crippen LogP contribution in [0.15, 0.2) is 48.5 Å². The fraction of sp³-hybridized carbons (Fsp3) is 0.294. The molecule has 0 bridgehead atoms. The Morgan fingerprint density at radius 2 is 1.65 bits per heavy atom. The number of nitrogens with one attached hydrogen (secondary N) is 1. The first kappa shape index (κ1) is 14.3. The Kier molecular flexibility index (Phi) is 4.88. The number of ether oxygens (including phenoxy) is 2. The summed E-state index contributed by atoms with van der Waals surface area (Å²) in [5, 5.41) is 3.54. The van der Waals surface area contributed by atoms with Crippen molar-refractivity contribution in [3.8, 4) is 11.5 Å². The van der Waals surface area contributed by atoms with Gasteiger partial charge in [0.2, 0.25) is 0 Å². The van der Waals surface area contributed by atoms with E-state index in [1.54, 1.807) is 14.2 Å². The molecule has 0 radical (unpaired) electrons. The standard InChI is InChI=1S/C17H21NO2/c1-4-15(13-8-6-5-7-9-13)18-14-10-11-16(19-2)17(12-14)20-3/h5-12,15,18H,4H2,1-3H3. The third kappa shape index (κ3) is 3.23. The zero-order valence-electron chi connectivity index (χ0n) is 12.2. The van der Waals surface area contributed by atoms with Crippen LogP contribution < -0.4 is 14.8 Å². The maximum Gasteiger partial charge on any atom is 0.162 e. The Labute approximate surface area is 120 Å². The summed E-state index contributed by atoms with van der Waals surface area (Å²) in [5.74, 6) is 1.48. The van der Waals surface area contributed by atoms with E-state index in [2.05, 4.69) is 36.5 Å². The molecule has 3 heteroatoms. The van der Waals surface area contributed by atoms with Gasteiger partial charge in [0.25, 0.3) is 0 Å². The van der Waals surface area contributed by atoms with Gasteiger partial charge in [-0.1, -0.05) is 37.3 Å². The summed E-state index contributed by atoms with van der Waals surface area (Å²) >= 11 is 0. The van der Waals surface area contributed by atoms with Crippen molar-refractivity contribution in [1.82, 2.24) is 0 Å². The Balaban J connectivity index is 2.20. The molecule has 0 heterocycles. The molecule has 2 rings (SSSR count). The number of benzene rings is 2. The summed E-state index contributed by atoms with van der Waals surface area (Å²) in [4.78, 5) is 0. The van der Waals surface area contributed by atoms with E-state index in [1.165, 1.54) is 5.56 Å². The zero-order chi connectivity index (χ0) is 14.4. The first-order chi connectivity index (χ1) is 9.78. The normalized spacial score (nSPS) is 11.8. The number of methoxy groups -OCH3 is 2. The molecule has 0 aliphatic heterocycles. The third-order valence-electron chi connectivity index (χ3n) is 3.33. The van der Waals surface area contributed by atoms with Gasteiger partial charge in [-0.25, -0.2) is 0 Å². The van der Waals surface area contributed by atoms with Crippen molar-refractivity contribution in [2.75, 3.05) is 19.5 Å². The van der Waals surface area contributed by atoms with E-state index in [0.717, 1.165) is 23.6 Å². The summed E-state index contributed by atoms with van der Waals surface area (Å²) in [6.07, 6.45) is 1.01. The van der Waals surface area contributed by atoms with Gasteiger partial charge in [0.1, 0.15) is 0 Å². The second-order valence-corrected chi connectivity index (χ2v) is 4.59. The average Bonchev–Trinajstić information content (AvgIpc) is 2.53. The average molecular weight is 271 g/mol. The van der Waals surface area contributed by atoms with Crippen molar-refractivity contribution in [1.29, 1.82) is 0 Å². The molecule has 1 atom stereocenters. The van der Waals surface area contributed by atoms with Crippen LogP contribution in [0.25, 0.3) is 0 Å². The van der Waals surface area contributed by atoms with Crippen LogP contribution in [0.2, 0.25) is 0 Å².